The van der Waals surface area contributed by atoms with E-state index in [1.54, 1.807) is 13.2 Å². The summed E-state index contributed by atoms with van der Waals surface area (Å²) in [6.07, 6.45) is 0. The first-order valence-electron chi connectivity index (χ1n) is 9.29. The summed E-state index contributed by atoms with van der Waals surface area (Å²) in [5, 5.41) is 13.9. The average molecular weight is 392 g/mol. The Balaban J connectivity index is 1.44. The molecule has 0 unspecified atom stereocenters. The Morgan fingerprint density at radius 1 is 1.00 bits per heavy atom. The topological polar surface area (TPSA) is 85.4 Å². The number of urea groups is 1. The van der Waals surface area contributed by atoms with Crippen LogP contribution in [0.25, 0.3) is 11.3 Å². The SMILES string of the molecule is COc1ccc(-c2ccc(OCCNC(=O)Nc3cccc(C)c3C)nn2)cc1. The van der Waals surface area contributed by atoms with Crippen LogP contribution >= 0.6 is 0 Å². The van der Waals surface area contributed by atoms with Crippen LogP contribution in [0.15, 0.2) is 54.6 Å². The van der Waals surface area contributed by atoms with E-state index >= 15 is 0 Å². The molecular weight excluding hydrogens is 368 g/mol. The third-order valence-corrected chi connectivity index (χ3v) is 4.52. The zero-order valence-corrected chi connectivity index (χ0v) is 16.7. The van der Waals surface area contributed by atoms with E-state index < -0.39 is 0 Å². The van der Waals surface area contributed by atoms with Gasteiger partial charge in [-0.2, -0.15) is 0 Å². The lowest BCUT2D eigenvalue weighted by atomic mass is 10.1. The summed E-state index contributed by atoms with van der Waals surface area (Å²) in [6.45, 7) is 4.62. The van der Waals surface area contributed by atoms with Crippen molar-refractivity contribution >= 4 is 11.7 Å². The van der Waals surface area contributed by atoms with E-state index in [-0.39, 0.29) is 12.6 Å². The van der Waals surface area contributed by atoms with Crippen LogP contribution in [-0.2, 0) is 0 Å². The van der Waals surface area contributed by atoms with E-state index in [0.717, 1.165) is 33.8 Å². The highest BCUT2D eigenvalue weighted by molar-refractivity contribution is 5.90. The van der Waals surface area contributed by atoms with Crippen molar-refractivity contribution < 1.29 is 14.3 Å². The molecule has 0 aliphatic heterocycles. The number of nitrogens with zero attached hydrogens (tertiary/aromatic N) is 2. The molecule has 0 saturated carbocycles. The summed E-state index contributed by atoms with van der Waals surface area (Å²) in [5.74, 6) is 1.19. The van der Waals surface area contributed by atoms with Crippen LogP contribution in [0.5, 0.6) is 11.6 Å². The lowest BCUT2D eigenvalue weighted by Crippen LogP contribution is -2.32. The van der Waals surface area contributed by atoms with Gasteiger partial charge in [-0.05, 0) is 61.4 Å². The Morgan fingerprint density at radius 3 is 2.48 bits per heavy atom. The molecule has 29 heavy (non-hydrogen) atoms. The van der Waals surface area contributed by atoms with Crippen molar-refractivity contribution in [2.45, 2.75) is 13.8 Å². The number of methoxy groups -OCH3 is 1. The molecule has 0 bridgehead atoms. The molecule has 0 spiro atoms. The molecule has 0 aliphatic rings. The molecule has 150 valence electrons. The Labute approximate surface area is 170 Å². The molecule has 0 atom stereocenters. The third kappa shape index (κ3) is 5.44. The maximum Gasteiger partial charge on any atom is 0.319 e. The minimum atomic E-state index is -0.275. The summed E-state index contributed by atoms with van der Waals surface area (Å²) in [4.78, 5) is 12.0. The van der Waals surface area contributed by atoms with Gasteiger partial charge in [0.1, 0.15) is 12.4 Å². The lowest BCUT2D eigenvalue weighted by molar-refractivity contribution is 0.246. The van der Waals surface area contributed by atoms with Crippen LogP contribution in [0.3, 0.4) is 0 Å². The normalized spacial score (nSPS) is 10.3. The van der Waals surface area contributed by atoms with Gasteiger partial charge < -0.3 is 20.1 Å². The van der Waals surface area contributed by atoms with Gasteiger partial charge in [0, 0.05) is 17.3 Å². The molecule has 0 fully saturated rings. The Bertz CT molecular complexity index is 957. The molecule has 2 amide bonds. The summed E-state index contributed by atoms with van der Waals surface area (Å²) in [6, 6.07) is 16.7. The fraction of sp³-hybridized carbons (Fsp3) is 0.227. The first-order valence-corrected chi connectivity index (χ1v) is 9.29. The van der Waals surface area contributed by atoms with E-state index in [0.29, 0.717) is 12.4 Å². The number of nitrogens with one attached hydrogen (secondary N) is 2. The Kier molecular flexibility index (Phi) is 6.63. The Hall–Kier alpha value is -3.61. The third-order valence-electron chi connectivity index (χ3n) is 4.52. The Morgan fingerprint density at radius 2 is 1.79 bits per heavy atom. The number of benzene rings is 2. The van der Waals surface area contributed by atoms with Crippen molar-refractivity contribution in [1.29, 1.82) is 0 Å². The maximum atomic E-state index is 12.0. The second-order valence-corrected chi connectivity index (χ2v) is 6.46. The van der Waals surface area contributed by atoms with Gasteiger partial charge in [-0.15, -0.1) is 10.2 Å². The predicted octanol–water partition coefficient (Wildman–Crippen LogP) is 3.97. The molecule has 7 nitrogen and oxygen atoms in total. The molecule has 2 N–H and O–H groups in total. The van der Waals surface area contributed by atoms with Gasteiger partial charge in [-0.3, -0.25) is 0 Å². The van der Waals surface area contributed by atoms with Crippen molar-refractivity contribution in [3.8, 4) is 22.9 Å². The number of aryl methyl sites for hydroxylation is 1. The number of rotatable bonds is 7. The summed E-state index contributed by atoms with van der Waals surface area (Å²) < 4.78 is 10.7. The molecule has 0 aliphatic carbocycles. The van der Waals surface area contributed by atoms with Gasteiger partial charge in [0.05, 0.1) is 19.3 Å². The fourth-order valence-electron chi connectivity index (χ4n) is 2.69. The standard InChI is InChI=1S/C22H24N4O3/c1-15-5-4-6-19(16(15)2)24-22(27)23-13-14-29-21-12-11-20(25-26-21)17-7-9-18(28-3)10-8-17/h4-12H,13-14H2,1-3H3,(H2,23,24,27). The lowest BCUT2D eigenvalue weighted by Gasteiger charge is -2.11. The zero-order valence-electron chi connectivity index (χ0n) is 16.7. The highest BCUT2D eigenvalue weighted by atomic mass is 16.5. The summed E-state index contributed by atoms with van der Waals surface area (Å²) in [5.41, 5.74) is 4.65. The van der Waals surface area contributed by atoms with Crippen LogP contribution in [0.2, 0.25) is 0 Å². The molecule has 3 aromatic rings. The second-order valence-electron chi connectivity index (χ2n) is 6.46. The molecule has 0 saturated heterocycles. The highest BCUT2D eigenvalue weighted by Gasteiger charge is 2.06. The number of ether oxygens (including phenoxy) is 2. The highest BCUT2D eigenvalue weighted by Crippen LogP contribution is 2.21. The average Bonchev–Trinajstić information content (AvgIpc) is 2.75. The molecule has 1 aromatic heterocycles. The van der Waals surface area contributed by atoms with Crippen LogP contribution in [0.4, 0.5) is 10.5 Å². The molecule has 7 heteroatoms. The van der Waals surface area contributed by atoms with Gasteiger partial charge in [-0.1, -0.05) is 12.1 Å². The van der Waals surface area contributed by atoms with Crippen LogP contribution < -0.4 is 20.1 Å². The number of carbonyl (C=O) groups is 1. The van der Waals surface area contributed by atoms with Gasteiger partial charge >= 0.3 is 6.03 Å². The zero-order chi connectivity index (χ0) is 20.6. The van der Waals surface area contributed by atoms with E-state index in [1.807, 2.05) is 62.4 Å². The van der Waals surface area contributed by atoms with Crippen molar-refractivity contribution in [3.63, 3.8) is 0 Å². The smallest absolute Gasteiger partial charge is 0.319 e. The second kappa shape index (κ2) is 9.54. The first-order chi connectivity index (χ1) is 14.1. The number of hydrogen-bond acceptors (Lipinski definition) is 5. The fourth-order valence-corrected chi connectivity index (χ4v) is 2.69. The van der Waals surface area contributed by atoms with E-state index in [4.69, 9.17) is 9.47 Å². The minimum absolute atomic E-state index is 0.275. The van der Waals surface area contributed by atoms with E-state index in [1.165, 1.54) is 0 Å². The molecule has 2 aromatic carbocycles. The number of amides is 2. The molecule has 0 radical (unpaired) electrons. The van der Waals surface area contributed by atoms with Gasteiger partial charge in [0.15, 0.2) is 0 Å². The maximum absolute atomic E-state index is 12.0. The van der Waals surface area contributed by atoms with Gasteiger partial charge in [0.25, 0.3) is 0 Å². The van der Waals surface area contributed by atoms with Gasteiger partial charge in [0.2, 0.25) is 5.88 Å². The van der Waals surface area contributed by atoms with Gasteiger partial charge in [-0.25, -0.2) is 4.79 Å². The van der Waals surface area contributed by atoms with Crippen molar-refractivity contribution in [2.75, 3.05) is 25.6 Å². The van der Waals surface area contributed by atoms with E-state index in [2.05, 4.69) is 20.8 Å². The molecule has 1 heterocycles. The minimum Gasteiger partial charge on any atom is -0.497 e. The van der Waals surface area contributed by atoms with E-state index in [9.17, 15) is 4.79 Å². The monoisotopic (exact) mass is 392 g/mol. The molecular formula is C22H24N4O3. The summed E-state index contributed by atoms with van der Waals surface area (Å²) >= 11 is 0. The number of hydrogen-bond donors (Lipinski definition) is 2. The predicted molar refractivity (Wildman–Crippen MR) is 112 cm³/mol. The summed E-state index contributed by atoms with van der Waals surface area (Å²) in [7, 11) is 1.63. The number of carbonyl (C=O) groups excluding carboxylic acids is 1. The molecule has 3 rings (SSSR count). The quantitative estimate of drug-likeness (QED) is 0.594. The van der Waals surface area contributed by atoms with Crippen molar-refractivity contribution in [2.24, 2.45) is 0 Å². The largest absolute Gasteiger partial charge is 0.497 e. The van der Waals surface area contributed by atoms with Crippen molar-refractivity contribution in [3.05, 3.63) is 65.7 Å². The number of anilines is 1. The van der Waals surface area contributed by atoms with Crippen LogP contribution in [0, 0.1) is 13.8 Å². The van der Waals surface area contributed by atoms with Crippen LogP contribution in [0.1, 0.15) is 11.1 Å². The first kappa shape index (κ1) is 20.1. The van der Waals surface area contributed by atoms with Crippen molar-refractivity contribution in [1.82, 2.24) is 15.5 Å². The van der Waals surface area contributed by atoms with Crippen LogP contribution in [-0.4, -0.2) is 36.5 Å². The number of aromatic nitrogens is 2.